The van der Waals surface area contributed by atoms with Crippen LogP contribution in [0.25, 0.3) is 5.69 Å². The number of tetrazole rings is 1. The van der Waals surface area contributed by atoms with Crippen LogP contribution in [-0.2, 0) is 4.79 Å². The lowest BCUT2D eigenvalue weighted by atomic mass is 10.1. The molecule has 2 heterocycles. The number of aromatic nitrogens is 4. The summed E-state index contributed by atoms with van der Waals surface area (Å²) in [5.41, 5.74) is 1.56. The number of carbonyl (C=O) groups is 1. The first-order valence-corrected chi connectivity index (χ1v) is 6.68. The van der Waals surface area contributed by atoms with Gasteiger partial charge in [-0.05, 0) is 48.0 Å². The van der Waals surface area contributed by atoms with Crippen molar-refractivity contribution in [2.24, 2.45) is 0 Å². The molecule has 1 aliphatic rings. The van der Waals surface area contributed by atoms with Gasteiger partial charge in [0.1, 0.15) is 6.33 Å². The van der Waals surface area contributed by atoms with E-state index in [4.69, 9.17) is 0 Å². The van der Waals surface area contributed by atoms with Gasteiger partial charge in [0.2, 0.25) is 5.91 Å². The first-order valence-electron chi connectivity index (χ1n) is 6.68. The van der Waals surface area contributed by atoms with Gasteiger partial charge >= 0.3 is 0 Å². The zero-order chi connectivity index (χ0) is 13.8. The Morgan fingerprint density at radius 3 is 3.20 bits per heavy atom. The molecule has 7 heteroatoms. The standard InChI is InChI=1S/C13H16N6O/c20-13(8-10-4-2-6-14-10)16-11-3-1-5-12(7-11)19-9-15-17-18-19/h1,3,5,7,9-10,14H,2,4,6,8H2,(H,16,20). The fraction of sp³-hybridized carbons (Fsp3) is 0.385. The Labute approximate surface area is 116 Å². The minimum Gasteiger partial charge on any atom is -0.326 e. The third-order valence-electron chi connectivity index (χ3n) is 3.34. The summed E-state index contributed by atoms with van der Waals surface area (Å²) in [5.74, 6) is 0.0262. The number of anilines is 1. The van der Waals surface area contributed by atoms with Crippen LogP contribution in [0.5, 0.6) is 0 Å². The van der Waals surface area contributed by atoms with Gasteiger partial charge in [-0.25, -0.2) is 4.68 Å². The van der Waals surface area contributed by atoms with Crippen molar-refractivity contribution in [3.8, 4) is 5.69 Å². The maximum atomic E-state index is 12.0. The van der Waals surface area contributed by atoms with Crippen LogP contribution in [0.1, 0.15) is 19.3 Å². The molecule has 20 heavy (non-hydrogen) atoms. The van der Waals surface area contributed by atoms with E-state index < -0.39 is 0 Å². The van der Waals surface area contributed by atoms with Crippen molar-refractivity contribution in [2.45, 2.75) is 25.3 Å². The van der Waals surface area contributed by atoms with E-state index in [9.17, 15) is 4.79 Å². The number of nitrogens with zero attached hydrogens (tertiary/aromatic N) is 4. The van der Waals surface area contributed by atoms with Gasteiger partial charge < -0.3 is 10.6 Å². The fourth-order valence-electron chi connectivity index (χ4n) is 2.37. The third-order valence-corrected chi connectivity index (χ3v) is 3.34. The van der Waals surface area contributed by atoms with Crippen LogP contribution >= 0.6 is 0 Å². The first-order chi connectivity index (χ1) is 9.81. The molecule has 1 atom stereocenters. The summed E-state index contributed by atoms with van der Waals surface area (Å²) in [6.07, 6.45) is 4.24. The smallest absolute Gasteiger partial charge is 0.225 e. The molecular weight excluding hydrogens is 256 g/mol. The molecule has 2 N–H and O–H groups in total. The second kappa shape index (κ2) is 5.79. The van der Waals surface area contributed by atoms with E-state index in [1.807, 2.05) is 24.3 Å². The lowest BCUT2D eigenvalue weighted by Crippen LogP contribution is -2.27. The van der Waals surface area contributed by atoms with Gasteiger partial charge in [-0.2, -0.15) is 0 Å². The van der Waals surface area contributed by atoms with Crippen molar-refractivity contribution in [3.63, 3.8) is 0 Å². The predicted molar refractivity (Wildman–Crippen MR) is 73.4 cm³/mol. The molecule has 0 bridgehead atoms. The van der Waals surface area contributed by atoms with Gasteiger partial charge in [0.15, 0.2) is 0 Å². The second-order valence-electron chi connectivity index (χ2n) is 4.85. The molecule has 104 valence electrons. The molecule has 1 aromatic heterocycles. The lowest BCUT2D eigenvalue weighted by Gasteiger charge is -2.11. The minimum absolute atomic E-state index is 0.0262. The number of hydrogen-bond donors (Lipinski definition) is 2. The van der Waals surface area contributed by atoms with Gasteiger partial charge in [-0.3, -0.25) is 4.79 Å². The number of hydrogen-bond acceptors (Lipinski definition) is 5. The largest absolute Gasteiger partial charge is 0.326 e. The fourth-order valence-corrected chi connectivity index (χ4v) is 2.37. The molecule has 0 spiro atoms. The van der Waals surface area contributed by atoms with E-state index >= 15 is 0 Å². The molecule has 0 saturated carbocycles. The quantitative estimate of drug-likeness (QED) is 0.857. The zero-order valence-corrected chi connectivity index (χ0v) is 11.0. The molecule has 0 aliphatic carbocycles. The highest BCUT2D eigenvalue weighted by Gasteiger charge is 2.17. The van der Waals surface area contributed by atoms with Gasteiger partial charge in [-0.1, -0.05) is 6.07 Å². The average Bonchev–Trinajstić information content (AvgIpc) is 3.11. The molecule has 1 amide bonds. The first kappa shape index (κ1) is 12.7. The van der Waals surface area contributed by atoms with Crippen LogP contribution in [-0.4, -0.2) is 38.7 Å². The van der Waals surface area contributed by atoms with E-state index in [0.717, 1.165) is 30.8 Å². The Balaban J connectivity index is 1.65. The number of benzene rings is 1. The Morgan fingerprint density at radius 2 is 2.45 bits per heavy atom. The molecule has 0 radical (unpaired) electrons. The Hall–Kier alpha value is -2.28. The van der Waals surface area contributed by atoms with Crippen LogP contribution < -0.4 is 10.6 Å². The predicted octanol–water partition coefficient (Wildman–Crippen LogP) is 0.743. The summed E-state index contributed by atoms with van der Waals surface area (Å²) in [6.45, 7) is 1.01. The van der Waals surface area contributed by atoms with E-state index in [-0.39, 0.29) is 5.91 Å². The highest BCUT2D eigenvalue weighted by molar-refractivity contribution is 5.91. The summed E-state index contributed by atoms with van der Waals surface area (Å²) < 4.78 is 1.55. The van der Waals surface area contributed by atoms with Gasteiger partial charge in [0, 0.05) is 18.2 Å². The Bertz CT molecular complexity index is 576. The molecular formula is C13H16N6O. The maximum absolute atomic E-state index is 12.0. The molecule has 1 aromatic carbocycles. The highest BCUT2D eigenvalue weighted by atomic mass is 16.1. The van der Waals surface area contributed by atoms with Gasteiger partial charge in [-0.15, -0.1) is 5.10 Å². The third kappa shape index (κ3) is 3.00. The van der Waals surface area contributed by atoms with Crippen molar-refractivity contribution in [3.05, 3.63) is 30.6 Å². The lowest BCUT2D eigenvalue weighted by molar-refractivity contribution is -0.116. The topological polar surface area (TPSA) is 84.7 Å². The number of nitrogens with one attached hydrogen (secondary N) is 2. The van der Waals surface area contributed by atoms with Crippen molar-refractivity contribution < 1.29 is 4.79 Å². The van der Waals surface area contributed by atoms with Crippen molar-refractivity contribution in [1.82, 2.24) is 25.5 Å². The van der Waals surface area contributed by atoms with Crippen LogP contribution in [0.2, 0.25) is 0 Å². The van der Waals surface area contributed by atoms with Crippen LogP contribution in [0, 0.1) is 0 Å². The summed E-state index contributed by atoms with van der Waals surface area (Å²) in [5, 5.41) is 17.2. The van der Waals surface area contributed by atoms with Crippen LogP contribution in [0.15, 0.2) is 30.6 Å². The molecule has 1 aliphatic heterocycles. The van der Waals surface area contributed by atoms with Crippen LogP contribution in [0.4, 0.5) is 5.69 Å². The van der Waals surface area contributed by atoms with Crippen molar-refractivity contribution in [2.75, 3.05) is 11.9 Å². The molecule has 1 unspecified atom stereocenters. The van der Waals surface area contributed by atoms with Crippen molar-refractivity contribution in [1.29, 1.82) is 0 Å². The Morgan fingerprint density at radius 1 is 1.50 bits per heavy atom. The normalized spacial score (nSPS) is 18.1. The number of amides is 1. The summed E-state index contributed by atoms with van der Waals surface area (Å²) >= 11 is 0. The van der Waals surface area contributed by atoms with E-state index in [1.54, 1.807) is 4.68 Å². The second-order valence-corrected chi connectivity index (χ2v) is 4.85. The molecule has 1 saturated heterocycles. The van der Waals surface area contributed by atoms with Gasteiger partial charge in [0.05, 0.1) is 5.69 Å². The molecule has 1 fully saturated rings. The van der Waals surface area contributed by atoms with Crippen LogP contribution in [0.3, 0.4) is 0 Å². The van der Waals surface area contributed by atoms with Crippen molar-refractivity contribution >= 4 is 11.6 Å². The average molecular weight is 272 g/mol. The van der Waals surface area contributed by atoms with E-state index in [1.165, 1.54) is 6.33 Å². The SMILES string of the molecule is O=C(CC1CCCN1)Nc1cccc(-n2cnnn2)c1. The highest BCUT2D eigenvalue weighted by Crippen LogP contribution is 2.15. The Kier molecular flexibility index (Phi) is 3.69. The van der Waals surface area contributed by atoms with E-state index in [0.29, 0.717) is 12.5 Å². The number of carbonyl (C=O) groups excluding carboxylic acids is 1. The molecule has 7 nitrogen and oxygen atoms in total. The summed E-state index contributed by atoms with van der Waals surface area (Å²) in [4.78, 5) is 12.0. The zero-order valence-electron chi connectivity index (χ0n) is 11.0. The maximum Gasteiger partial charge on any atom is 0.225 e. The monoisotopic (exact) mass is 272 g/mol. The number of rotatable bonds is 4. The van der Waals surface area contributed by atoms with Gasteiger partial charge in [0.25, 0.3) is 0 Å². The molecule has 3 rings (SSSR count). The molecule has 2 aromatic rings. The summed E-state index contributed by atoms with van der Waals surface area (Å²) in [7, 11) is 0. The van der Waals surface area contributed by atoms with E-state index in [2.05, 4.69) is 26.2 Å². The minimum atomic E-state index is 0.0262. The summed E-state index contributed by atoms with van der Waals surface area (Å²) in [6, 6.07) is 7.74.